The number of amides is 2. The molecular formula is C16H23ClN4O4. The van der Waals surface area contributed by atoms with Gasteiger partial charge in [0.2, 0.25) is 5.91 Å². The highest BCUT2D eigenvalue weighted by Crippen LogP contribution is 2.13. The molecule has 3 unspecified atom stereocenters. The Balaban J connectivity index is 0.00000312. The Labute approximate surface area is 152 Å². The molecule has 2 rings (SSSR count). The number of nitrogens with zero attached hydrogens (tertiary/aromatic N) is 1. The second kappa shape index (κ2) is 9.33. The van der Waals surface area contributed by atoms with Crippen LogP contribution in [0.4, 0.5) is 5.69 Å². The van der Waals surface area contributed by atoms with Gasteiger partial charge in [0.15, 0.2) is 0 Å². The number of nitro benzene ring substituents is 1. The first-order valence-corrected chi connectivity index (χ1v) is 7.95. The molecule has 1 aromatic carbocycles. The first-order chi connectivity index (χ1) is 11.4. The number of nitro groups is 1. The molecule has 0 aliphatic carbocycles. The van der Waals surface area contributed by atoms with Crippen molar-refractivity contribution < 1.29 is 14.5 Å². The monoisotopic (exact) mass is 370 g/mol. The minimum absolute atomic E-state index is 0. The molecule has 1 aliphatic heterocycles. The lowest BCUT2D eigenvalue weighted by Gasteiger charge is -2.31. The minimum Gasteiger partial charge on any atom is -0.350 e. The van der Waals surface area contributed by atoms with Gasteiger partial charge < -0.3 is 16.0 Å². The molecule has 0 bridgehead atoms. The zero-order valence-corrected chi connectivity index (χ0v) is 15.0. The summed E-state index contributed by atoms with van der Waals surface area (Å²) >= 11 is 0. The fraction of sp³-hybridized carbons (Fsp3) is 0.500. The van der Waals surface area contributed by atoms with Gasteiger partial charge in [-0.1, -0.05) is 13.0 Å². The summed E-state index contributed by atoms with van der Waals surface area (Å²) < 4.78 is 0. The number of nitrogens with one attached hydrogen (secondary N) is 3. The maximum absolute atomic E-state index is 12.2. The van der Waals surface area contributed by atoms with Gasteiger partial charge >= 0.3 is 0 Å². The van der Waals surface area contributed by atoms with Crippen molar-refractivity contribution in [1.29, 1.82) is 0 Å². The van der Waals surface area contributed by atoms with E-state index in [1.165, 1.54) is 24.3 Å². The molecule has 1 saturated heterocycles. The molecule has 25 heavy (non-hydrogen) atoms. The van der Waals surface area contributed by atoms with Gasteiger partial charge in [0.25, 0.3) is 11.6 Å². The molecular weight excluding hydrogens is 348 g/mol. The van der Waals surface area contributed by atoms with Crippen molar-refractivity contribution in [1.82, 2.24) is 16.0 Å². The quantitative estimate of drug-likeness (QED) is 0.533. The minimum atomic E-state index is -0.731. The number of carbonyl (C=O) groups is 2. The van der Waals surface area contributed by atoms with Gasteiger partial charge in [-0.15, -0.1) is 12.4 Å². The standard InChI is InChI=1S/C16H22N4O4.ClH/c1-10-6-7-17-9-14(10)19-15(21)11(2)18-16(22)12-4-3-5-13(8-12)20(23)24;/h3-5,8,10-11,14,17H,6-7,9H2,1-2H3,(H,18,22)(H,19,21);1H. The molecule has 1 aromatic rings. The Bertz CT molecular complexity index is 640. The summed E-state index contributed by atoms with van der Waals surface area (Å²) in [6.07, 6.45) is 0.985. The van der Waals surface area contributed by atoms with Crippen LogP contribution in [0.15, 0.2) is 24.3 Å². The summed E-state index contributed by atoms with van der Waals surface area (Å²) in [6.45, 7) is 5.31. The maximum Gasteiger partial charge on any atom is 0.270 e. The SMILES string of the molecule is CC(NC(=O)c1cccc([N+](=O)[O-])c1)C(=O)NC1CNCCC1C.Cl. The third-order valence-electron chi connectivity index (χ3n) is 4.22. The average Bonchev–Trinajstić information content (AvgIpc) is 2.56. The van der Waals surface area contributed by atoms with Crippen LogP contribution in [0.3, 0.4) is 0 Å². The Hall–Kier alpha value is -2.19. The maximum atomic E-state index is 12.2. The molecule has 1 fully saturated rings. The van der Waals surface area contributed by atoms with Crippen LogP contribution in [-0.4, -0.2) is 41.9 Å². The molecule has 0 radical (unpaired) electrons. The zero-order chi connectivity index (χ0) is 17.7. The van der Waals surface area contributed by atoms with Gasteiger partial charge in [0, 0.05) is 30.3 Å². The first kappa shape index (κ1) is 20.9. The number of hydrogen-bond donors (Lipinski definition) is 3. The predicted octanol–water partition coefficient (Wildman–Crippen LogP) is 1.25. The van der Waals surface area contributed by atoms with Gasteiger partial charge in [-0.3, -0.25) is 19.7 Å². The molecule has 1 heterocycles. The van der Waals surface area contributed by atoms with Crippen molar-refractivity contribution in [3.63, 3.8) is 0 Å². The average molecular weight is 371 g/mol. The Morgan fingerprint density at radius 1 is 1.40 bits per heavy atom. The number of carbonyl (C=O) groups excluding carboxylic acids is 2. The third-order valence-corrected chi connectivity index (χ3v) is 4.22. The summed E-state index contributed by atoms with van der Waals surface area (Å²) in [7, 11) is 0. The van der Waals surface area contributed by atoms with E-state index < -0.39 is 16.9 Å². The fourth-order valence-electron chi connectivity index (χ4n) is 2.60. The number of benzene rings is 1. The van der Waals surface area contributed by atoms with Crippen molar-refractivity contribution in [3.05, 3.63) is 39.9 Å². The van der Waals surface area contributed by atoms with Gasteiger partial charge in [-0.2, -0.15) is 0 Å². The van der Waals surface area contributed by atoms with Crippen LogP contribution in [0.2, 0.25) is 0 Å². The topological polar surface area (TPSA) is 113 Å². The number of hydrogen-bond acceptors (Lipinski definition) is 5. The smallest absolute Gasteiger partial charge is 0.270 e. The Morgan fingerprint density at radius 3 is 2.76 bits per heavy atom. The largest absolute Gasteiger partial charge is 0.350 e. The molecule has 2 amide bonds. The lowest BCUT2D eigenvalue weighted by atomic mass is 9.94. The summed E-state index contributed by atoms with van der Waals surface area (Å²) in [5, 5.41) is 19.5. The van der Waals surface area contributed by atoms with E-state index in [1.54, 1.807) is 6.92 Å². The second-order valence-corrected chi connectivity index (χ2v) is 6.09. The lowest BCUT2D eigenvalue weighted by molar-refractivity contribution is -0.384. The van der Waals surface area contributed by atoms with Crippen molar-refractivity contribution in [3.8, 4) is 0 Å². The van der Waals surface area contributed by atoms with Crippen LogP contribution < -0.4 is 16.0 Å². The summed E-state index contributed by atoms with van der Waals surface area (Å²) in [4.78, 5) is 34.6. The van der Waals surface area contributed by atoms with E-state index in [9.17, 15) is 19.7 Å². The van der Waals surface area contributed by atoms with Crippen LogP contribution in [0.5, 0.6) is 0 Å². The van der Waals surface area contributed by atoms with Gasteiger partial charge in [-0.25, -0.2) is 0 Å². The molecule has 1 aliphatic rings. The Morgan fingerprint density at radius 2 is 2.12 bits per heavy atom. The summed E-state index contributed by atoms with van der Waals surface area (Å²) in [6, 6.07) is 4.71. The highest BCUT2D eigenvalue weighted by molar-refractivity contribution is 5.97. The van der Waals surface area contributed by atoms with Crippen molar-refractivity contribution >= 4 is 29.9 Å². The normalized spacial score (nSPS) is 20.7. The molecule has 0 aromatic heterocycles. The predicted molar refractivity (Wildman–Crippen MR) is 95.9 cm³/mol. The molecule has 8 nitrogen and oxygen atoms in total. The molecule has 3 N–H and O–H groups in total. The van der Waals surface area contributed by atoms with Crippen LogP contribution in [0.25, 0.3) is 0 Å². The van der Waals surface area contributed by atoms with E-state index in [4.69, 9.17) is 0 Å². The first-order valence-electron chi connectivity index (χ1n) is 7.95. The third kappa shape index (κ3) is 5.68. The molecule has 0 saturated carbocycles. The Kier molecular flexibility index (Phi) is 7.79. The zero-order valence-electron chi connectivity index (χ0n) is 14.2. The number of non-ortho nitro benzene ring substituents is 1. The van der Waals surface area contributed by atoms with E-state index >= 15 is 0 Å². The van der Waals surface area contributed by atoms with Crippen molar-refractivity contribution in [2.24, 2.45) is 5.92 Å². The van der Waals surface area contributed by atoms with Crippen LogP contribution in [0, 0.1) is 16.0 Å². The van der Waals surface area contributed by atoms with Crippen molar-refractivity contribution in [2.75, 3.05) is 13.1 Å². The van der Waals surface area contributed by atoms with Gasteiger partial charge in [-0.05, 0) is 31.9 Å². The number of halogens is 1. The van der Waals surface area contributed by atoms with E-state index in [-0.39, 0.29) is 35.6 Å². The number of piperidine rings is 1. The lowest BCUT2D eigenvalue weighted by Crippen LogP contribution is -2.54. The fourth-order valence-corrected chi connectivity index (χ4v) is 2.60. The molecule has 138 valence electrons. The van der Waals surface area contributed by atoms with Gasteiger partial charge in [0.05, 0.1) is 4.92 Å². The highest BCUT2D eigenvalue weighted by Gasteiger charge is 2.25. The van der Waals surface area contributed by atoms with Crippen LogP contribution >= 0.6 is 12.4 Å². The number of rotatable bonds is 5. The van der Waals surface area contributed by atoms with Crippen molar-refractivity contribution in [2.45, 2.75) is 32.4 Å². The van der Waals surface area contributed by atoms with E-state index in [0.29, 0.717) is 12.5 Å². The summed E-state index contributed by atoms with van der Waals surface area (Å²) in [5.41, 5.74) is -0.0154. The van der Waals surface area contributed by atoms with Crippen LogP contribution in [-0.2, 0) is 4.79 Å². The highest BCUT2D eigenvalue weighted by atomic mass is 35.5. The van der Waals surface area contributed by atoms with E-state index in [0.717, 1.165) is 13.0 Å². The van der Waals surface area contributed by atoms with Crippen LogP contribution in [0.1, 0.15) is 30.6 Å². The molecule has 0 spiro atoms. The molecule has 9 heteroatoms. The van der Waals surface area contributed by atoms with Gasteiger partial charge in [0.1, 0.15) is 6.04 Å². The van der Waals surface area contributed by atoms with E-state index in [1.807, 2.05) is 0 Å². The summed E-state index contributed by atoms with van der Waals surface area (Å²) in [5.74, 6) is -0.416. The van der Waals surface area contributed by atoms with E-state index in [2.05, 4.69) is 22.9 Å². The second-order valence-electron chi connectivity index (χ2n) is 6.09. The molecule has 3 atom stereocenters.